The van der Waals surface area contributed by atoms with Crippen LogP contribution < -0.4 is 4.74 Å². The van der Waals surface area contributed by atoms with Crippen molar-refractivity contribution >= 4 is 15.9 Å². The zero-order valence-corrected chi connectivity index (χ0v) is 14.2. The molecule has 0 fully saturated rings. The Morgan fingerprint density at radius 2 is 1.18 bits per heavy atom. The first-order valence-corrected chi connectivity index (χ1v) is 8.28. The van der Waals surface area contributed by atoms with E-state index in [-0.39, 0.29) is 0 Å². The average molecular weight is 353 g/mol. The highest BCUT2D eigenvalue weighted by atomic mass is 79.9. The van der Waals surface area contributed by atoms with Crippen LogP contribution in [0.2, 0.25) is 0 Å². The number of benzene rings is 3. The minimum atomic E-state index is 0.894. The van der Waals surface area contributed by atoms with Crippen molar-refractivity contribution in [2.75, 3.05) is 0 Å². The summed E-state index contributed by atoms with van der Waals surface area (Å²) < 4.78 is 7.18. The van der Waals surface area contributed by atoms with Crippen LogP contribution in [0.3, 0.4) is 0 Å². The molecular formula is C20H17BrO. The van der Waals surface area contributed by atoms with Gasteiger partial charge in [0.1, 0.15) is 11.5 Å². The topological polar surface area (TPSA) is 9.23 Å². The van der Waals surface area contributed by atoms with E-state index in [1.807, 2.05) is 44.2 Å². The van der Waals surface area contributed by atoms with Gasteiger partial charge in [0.25, 0.3) is 0 Å². The standard InChI is InChI=1S/C18H11BrO.C2H6/c19-12-9-10-18-16(11-12)14-6-2-1-5-13(14)15-7-3-4-8-17(15)20-18;1-2/h1-11H;1-2H3. The third-order valence-electron chi connectivity index (χ3n) is 3.56. The predicted octanol–water partition coefficient (Wildman–Crippen LogP) is 6.92. The lowest BCUT2D eigenvalue weighted by Crippen LogP contribution is -1.85. The molecule has 0 aliphatic carbocycles. The second kappa shape index (κ2) is 6.37. The molecule has 0 bridgehead atoms. The number of halogens is 1. The van der Waals surface area contributed by atoms with Crippen molar-refractivity contribution in [3.05, 3.63) is 71.2 Å². The molecule has 3 aromatic carbocycles. The van der Waals surface area contributed by atoms with E-state index < -0.39 is 0 Å². The molecule has 1 aliphatic rings. The molecule has 110 valence electrons. The van der Waals surface area contributed by atoms with Crippen LogP contribution in [0.5, 0.6) is 11.5 Å². The smallest absolute Gasteiger partial charge is 0.135 e. The summed E-state index contributed by atoms with van der Waals surface area (Å²) in [5.41, 5.74) is 4.66. The maximum atomic E-state index is 6.12. The summed E-state index contributed by atoms with van der Waals surface area (Å²) in [6.07, 6.45) is 0. The number of para-hydroxylation sites is 1. The van der Waals surface area contributed by atoms with Crippen molar-refractivity contribution in [1.29, 1.82) is 0 Å². The van der Waals surface area contributed by atoms with Crippen molar-refractivity contribution in [3.63, 3.8) is 0 Å². The van der Waals surface area contributed by atoms with Crippen molar-refractivity contribution in [3.8, 4) is 33.8 Å². The van der Waals surface area contributed by atoms with Crippen LogP contribution in [0, 0.1) is 0 Å². The van der Waals surface area contributed by atoms with Crippen LogP contribution in [0.4, 0.5) is 0 Å². The van der Waals surface area contributed by atoms with E-state index >= 15 is 0 Å². The average Bonchev–Trinajstić information content (AvgIpc) is 2.72. The normalized spacial score (nSPS) is 10.9. The van der Waals surface area contributed by atoms with Crippen LogP contribution in [0.15, 0.2) is 71.2 Å². The second-order valence-electron chi connectivity index (χ2n) is 4.78. The first kappa shape index (κ1) is 14.9. The summed E-state index contributed by atoms with van der Waals surface area (Å²) in [5, 5.41) is 0. The van der Waals surface area contributed by atoms with Gasteiger partial charge in [0, 0.05) is 15.6 Å². The summed E-state index contributed by atoms with van der Waals surface area (Å²) >= 11 is 3.55. The van der Waals surface area contributed by atoms with Crippen LogP contribution in [-0.2, 0) is 0 Å². The molecule has 1 nitrogen and oxygen atoms in total. The van der Waals surface area contributed by atoms with Gasteiger partial charge < -0.3 is 4.74 Å². The molecule has 0 radical (unpaired) electrons. The van der Waals surface area contributed by atoms with Gasteiger partial charge in [0.05, 0.1) is 0 Å². The van der Waals surface area contributed by atoms with E-state index in [1.165, 1.54) is 11.1 Å². The van der Waals surface area contributed by atoms with Gasteiger partial charge >= 0.3 is 0 Å². The van der Waals surface area contributed by atoms with Gasteiger partial charge in [-0.05, 0) is 35.4 Å². The monoisotopic (exact) mass is 352 g/mol. The molecule has 4 rings (SSSR count). The number of fused-ring (bicyclic) bond motifs is 5. The molecular weight excluding hydrogens is 336 g/mol. The van der Waals surface area contributed by atoms with Gasteiger partial charge in [0.15, 0.2) is 0 Å². The molecule has 1 heterocycles. The lowest BCUT2D eigenvalue weighted by atomic mass is 9.95. The lowest BCUT2D eigenvalue weighted by Gasteiger charge is -2.09. The van der Waals surface area contributed by atoms with Gasteiger partial charge in [0.2, 0.25) is 0 Å². The minimum Gasteiger partial charge on any atom is -0.456 e. The van der Waals surface area contributed by atoms with Crippen LogP contribution in [0.1, 0.15) is 13.8 Å². The molecule has 22 heavy (non-hydrogen) atoms. The zero-order valence-electron chi connectivity index (χ0n) is 12.6. The van der Waals surface area contributed by atoms with Gasteiger partial charge in [-0.2, -0.15) is 0 Å². The molecule has 0 spiro atoms. The fraction of sp³-hybridized carbons (Fsp3) is 0.100. The quantitative estimate of drug-likeness (QED) is 0.334. The van der Waals surface area contributed by atoms with Crippen molar-refractivity contribution in [2.24, 2.45) is 0 Å². The van der Waals surface area contributed by atoms with Crippen LogP contribution in [-0.4, -0.2) is 0 Å². The minimum absolute atomic E-state index is 0.894. The fourth-order valence-electron chi connectivity index (χ4n) is 2.65. The Bertz CT molecular complexity index is 808. The van der Waals surface area contributed by atoms with Gasteiger partial charge in [-0.25, -0.2) is 0 Å². The highest BCUT2D eigenvalue weighted by molar-refractivity contribution is 9.10. The molecule has 0 aromatic heterocycles. The van der Waals surface area contributed by atoms with E-state index in [9.17, 15) is 0 Å². The van der Waals surface area contributed by atoms with Crippen molar-refractivity contribution < 1.29 is 4.74 Å². The summed E-state index contributed by atoms with van der Waals surface area (Å²) in [6, 6.07) is 22.7. The van der Waals surface area contributed by atoms with Gasteiger partial charge in [-0.1, -0.05) is 72.2 Å². The maximum Gasteiger partial charge on any atom is 0.135 e. The summed E-state index contributed by atoms with van der Waals surface area (Å²) in [7, 11) is 0. The Morgan fingerprint density at radius 3 is 1.91 bits per heavy atom. The third-order valence-corrected chi connectivity index (χ3v) is 4.05. The molecule has 0 saturated heterocycles. The lowest BCUT2D eigenvalue weighted by molar-refractivity contribution is 0.487. The first-order chi connectivity index (χ1) is 10.8. The molecule has 0 atom stereocenters. The molecule has 0 amide bonds. The largest absolute Gasteiger partial charge is 0.456 e. The van der Waals surface area contributed by atoms with Crippen molar-refractivity contribution in [1.82, 2.24) is 0 Å². The zero-order chi connectivity index (χ0) is 15.5. The fourth-order valence-corrected chi connectivity index (χ4v) is 3.01. The van der Waals surface area contributed by atoms with Crippen LogP contribution in [0.25, 0.3) is 22.3 Å². The highest BCUT2D eigenvalue weighted by Crippen LogP contribution is 2.46. The third kappa shape index (κ3) is 2.55. The Labute approximate surface area is 139 Å². The van der Waals surface area contributed by atoms with E-state index in [0.29, 0.717) is 0 Å². The van der Waals surface area contributed by atoms with E-state index in [2.05, 4.69) is 52.3 Å². The van der Waals surface area contributed by atoms with E-state index in [0.717, 1.165) is 27.1 Å². The number of rotatable bonds is 0. The second-order valence-corrected chi connectivity index (χ2v) is 5.70. The summed E-state index contributed by atoms with van der Waals surface area (Å²) in [5.74, 6) is 1.80. The summed E-state index contributed by atoms with van der Waals surface area (Å²) in [4.78, 5) is 0. The predicted molar refractivity (Wildman–Crippen MR) is 96.4 cm³/mol. The number of ether oxygens (including phenoxy) is 1. The highest BCUT2D eigenvalue weighted by Gasteiger charge is 2.19. The molecule has 3 aromatic rings. The van der Waals surface area contributed by atoms with E-state index in [4.69, 9.17) is 4.74 Å². The maximum absolute atomic E-state index is 6.12. The Kier molecular flexibility index (Phi) is 4.30. The van der Waals surface area contributed by atoms with E-state index in [1.54, 1.807) is 0 Å². The molecule has 0 N–H and O–H groups in total. The van der Waals surface area contributed by atoms with Gasteiger partial charge in [-0.3, -0.25) is 0 Å². The number of hydrogen-bond donors (Lipinski definition) is 0. The molecule has 0 saturated carbocycles. The van der Waals surface area contributed by atoms with Crippen molar-refractivity contribution in [2.45, 2.75) is 13.8 Å². The molecule has 0 unspecified atom stereocenters. The Morgan fingerprint density at radius 1 is 0.636 bits per heavy atom. The van der Waals surface area contributed by atoms with Crippen LogP contribution >= 0.6 is 15.9 Å². The van der Waals surface area contributed by atoms with Gasteiger partial charge in [-0.15, -0.1) is 0 Å². The molecule has 1 aliphatic heterocycles. The summed E-state index contributed by atoms with van der Waals surface area (Å²) in [6.45, 7) is 4.00. The number of hydrogen-bond acceptors (Lipinski definition) is 1. The Balaban J connectivity index is 0.000000693. The Hall–Kier alpha value is -2.06. The first-order valence-electron chi connectivity index (χ1n) is 7.49. The molecule has 2 heteroatoms. The SMILES string of the molecule is Brc1ccc2c(c1)-c1ccccc1-c1ccccc1O2.CC.